The molecule has 0 heterocycles. The van der Waals surface area contributed by atoms with Crippen molar-refractivity contribution < 1.29 is 14.6 Å². The number of fused-ring (bicyclic) bond motifs is 1. The molecular weight excluding hydrogens is 338 g/mol. The van der Waals surface area contributed by atoms with Crippen LogP contribution in [0.5, 0.6) is 5.75 Å². The molecule has 144 valence electrons. The Bertz CT molecular complexity index is 824. The van der Waals surface area contributed by atoms with Crippen molar-refractivity contribution in [3.8, 4) is 16.9 Å². The van der Waals surface area contributed by atoms with Gasteiger partial charge in [-0.05, 0) is 65.1 Å². The number of nitrogens with one attached hydrogen (secondary N) is 1. The van der Waals surface area contributed by atoms with Crippen molar-refractivity contribution in [3.05, 3.63) is 53.1 Å². The van der Waals surface area contributed by atoms with E-state index < -0.39 is 6.09 Å². The molecule has 2 aromatic carbocycles. The minimum absolute atomic E-state index is 0.136. The normalized spacial score (nSPS) is 17.4. The molecule has 1 atom stereocenters. The van der Waals surface area contributed by atoms with Gasteiger partial charge in [0.1, 0.15) is 5.75 Å². The summed E-state index contributed by atoms with van der Waals surface area (Å²) >= 11 is 0. The number of aryl methyl sites for hydroxylation is 1. The Morgan fingerprint density at radius 2 is 1.96 bits per heavy atom. The molecule has 0 unspecified atom stereocenters. The fourth-order valence-corrected chi connectivity index (χ4v) is 3.98. The lowest BCUT2D eigenvalue weighted by molar-refractivity contribution is 0.175. The Balaban J connectivity index is 1.88. The highest BCUT2D eigenvalue weighted by atomic mass is 16.5. The lowest BCUT2D eigenvalue weighted by Crippen LogP contribution is -2.34. The van der Waals surface area contributed by atoms with Crippen LogP contribution in [0.25, 0.3) is 11.1 Å². The van der Waals surface area contributed by atoms with Crippen LogP contribution < -0.4 is 10.1 Å². The minimum atomic E-state index is -0.971. The summed E-state index contributed by atoms with van der Waals surface area (Å²) in [5.74, 6) is 0.901. The Labute approximate surface area is 161 Å². The molecule has 0 radical (unpaired) electrons. The first-order chi connectivity index (χ1) is 12.8. The molecule has 0 bridgehead atoms. The highest BCUT2D eigenvalue weighted by molar-refractivity contribution is 5.71. The number of hydrogen-bond donors (Lipinski definition) is 2. The molecule has 2 aromatic rings. The van der Waals surface area contributed by atoms with Crippen molar-refractivity contribution in [2.75, 3.05) is 6.61 Å². The van der Waals surface area contributed by atoms with E-state index in [1.54, 1.807) is 0 Å². The van der Waals surface area contributed by atoms with Gasteiger partial charge in [0.2, 0.25) is 0 Å². The van der Waals surface area contributed by atoms with E-state index in [1.807, 2.05) is 12.1 Å². The van der Waals surface area contributed by atoms with Gasteiger partial charge in [0.25, 0.3) is 0 Å². The number of benzene rings is 2. The second-order valence-electron chi connectivity index (χ2n) is 8.14. The first-order valence-electron chi connectivity index (χ1n) is 9.68. The van der Waals surface area contributed by atoms with Crippen LogP contribution in [0.3, 0.4) is 0 Å². The lowest BCUT2D eigenvalue weighted by atomic mass is 9.85. The first-order valence-corrected chi connectivity index (χ1v) is 9.68. The summed E-state index contributed by atoms with van der Waals surface area (Å²) in [4.78, 5) is 11.2. The molecule has 27 heavy (non-hydrogen) atoms. The summed E-state index contributed by atoms with van der Waals surface area (Å²) in [6, 6.07) is 12.4. The second kappa shape index (κ2) is 7.63. The molecule has 0 spiro atoms. The molecule has 1 aliphatic carbocycles. The van der Waals surface area contributed by atoms with E-state index in [0.29, 0.717) is 0 Å². The number of carboxylic acid groups (broad SMARTS) is 1. The van der Waals surface area contributed by atoms with Gasteiger partial charge in [0.05, 0.1) is 12.6 Å². The second-order valence-corrected chi connectivity index (χ2v) is 8.14. The largest absolute Gasteiger partial charge is 0.494 e. The third-order valence-corrected chi connectivity index (χ3v) is 5.42. The molecule has 3 rings (SSSR count). The zero-order valence-corrected chi connectivity index (χ0v) is 16.6. The first kappa shape index (κ1) is 19.3. The average Bonchev–Trinajstić information content (AvgIpc) is 2.84. The van der Waals surface area contributed by atoms with E-state index in [1.165, 1.54) is 11.1 Å². The van der Waals surface area contributed by atoms with Crippen LogP contribution in [-0.2, 0) is 6.42 Å². The van der Waals surface area contributed by atoms with Gasteiger partial charge < -0.3 is 15.2 Å². The van der Waals surface area contributed by atoms with Crippen molar-refractivity contribution in [3.63, 3.8) is 0 Å². The van der Waals surface area contributed by atoms with Crippen molar-refractivity contribution in [1.29, 1.82) is 0 Å². The summed E-state index contributed by atoms with van der Waals surface area (Å²) in [7, 11) is 0. The van der Waals surface area contributed by atoms with Crippen molar-refractivity contribution in [2.24, 2.45) is 5.41 Å². The van der Waals surface area contributed by atoms with Gasteiger partial charge in [0, 0.05) is 0 Å². The van der Waals surface area contributed by atoms with E-state index in [-0.39, 0.29) is 11.5 Å². The molecular formula is C23H29NO3. The SMILES string of the molecule is CCCCOc1ccc(-c2cc3c(cc2C)[C@H](NC(=O)O)C(C)(C)C3)cc1. The zero-order valence-electron chi connectivity index (χ0n) is 16.6. The predicted molar refractivity (Wildman–Crippen MR) is 108 cm³/mol. The molecule has 2 N–H and O–H groups in total. The lowest BCUT2D eigenvalue weighted by Gasteiger charge is -2.27. The van der Waals surface area contributed by atoms with Crippen molar-refractivity contribution in [2.45, 2.75) is 53.0 Å². The zero-order chi connectivity index (χ0) is 19.6. The number of ether oxygens (including phenoxy) is 1. The number of hydrogen-bond acceptors (Lipinski definition) is 2. The molecule has 4 heteroatoms. The molecule has 0 aromatic heterocycles. The molecule has 0 saturated carbocycles. The summed E-state index contributed by atoms with van der Waals surface area (Å²) < 4.78 is 5.76. The maximum atomic E-state index is 11.2. The summed E-state index contributed by atoms with van der Waals surface area (Å²) in [6.07, 6.45) is 2.08. The standard InChI is InChI=1S/C23H29NO3/c1-5-6-11-27-18-9-7-16(8-10-18)19-13-17-14-23(3,4)21(24-22(25)26)20(17)12-15(19)2/h7-10,12-13,21,24H,5-6,11,14H2,1-4H3,(H,25,26)/t21-/m0/s1. The maximum absolute atomic E-state index is 11.2. The Morgan fingerprint density at radius 3 is 2.59 bits per heavy atom. The van der Waals surface area contributed by atoms with Gasteiger partial charge in [-0.15, -0.1) is 0 Å². The van der Waals surface area contributed by atoms with Crippen molar-refractivity contribution >= 4 is 6.09 Å². The van der Waals surface area contributed by atoms with Crippen molar-refractivity contribution in [1.82, 2.24) is 5.32 Å². The Hall–Kier alpha value is -2.49. The number of rotatable bonds is 6. The average molecular weight is 367 g/mol. The monoisotopic (exact) mass is 367 g/mol. The molecule has 4 nitrogen and oxygen atoms in total. The third kappa shape index (κ3) is 4.10. The van der Waals surface area contributed by atoms with Gasteiger partial charge in [-0.1, -0.05) is 51.5 Å². The highest BCUT2D eigenvalue weighted by Crippen LogP contribution is 2.47. The van der Waals surface area contributed by atoms with E-state index in [2.05, 4.69) is 57.3 Å². The van der Waals surface area contributed by atoms with Gasteiger partial charge in [-0.3, -0.25) is 0 Å². The summed E-state index contributed by atoms with van der Waals surface area (Å²) in [5, 5.41) is 11.9. The fraction of sp³-hybridized carbons (Fsp3) is 0.435. The molecule has 0 aliphatic heterocycles. The van der Waals surface area contributed by atoms with Crippen LogP contribution in [0.2, 0.25) is 0 Å². The molecule has 0 fully saturated rings. The van der Waals surface area contributed by atoms with E-state index >= 15 is 0 Å². The van der Waals surface area contributed by atoms with Gasteiger partial charge in [-0.25, -0.2) is 4.79 Å². The Kier molecular flexibility index (Phi) is 5.45. The molecule has 0 saturated heterocycles. The smallest absolute Gasteiger partial charge is 0.405 e. The quantitative estimate of drug-likeness (QED) is 0.641. The number of unbranched alkanes of at least 4 members (excludes halogenated alkanes) is 1. The topological polar surface area (TPSA) is 58.6 Å². The minimum Gasteiger partial charge on any atom is -0.494 e. The fourth-order valence-electron chi connectivity index (χ4n) is 3.98. The Morgan fingerprint density at radius 1 is 1.26 bits per heavy atom. The van der Waals surface area contributed by atoms with Gasteiger partial charge >= 0.3 is 6.09 Å². The van der Waals surface area contributed by atoms with E-state index in [4.69, 9.17) is 4.74 Å². The van der Waals surface area contributed by atoms with E-state index in [9.17, 15) is 9.90 Å². The highest BCUT2D eigenvalue weighted by Gasteiger charge is 2.40. The van der Waals surface area contributed by atoms with Crippen LogP contribution in [0, 0.1) is 12.3 Å². The van der Waals surface area contributed by atoms with Crippen LogP contribution in [0.1, 0.15) is 56.3 Å². The van der Waals surface area contributed by atoms with Crippen LogP contribution in [-0.4, -0.2) is 17.8 Å². The van der Waals surface area contributed by atoms with Crippen LogP contribution in [0.15, 0.2) is 36.4 Å². The number of carbonyl (C=O) groups is 1. The maximum Gasteiger partial charge on any atom is 0.405 e. The number of amides is 1. The van der Waals surface area contributed by atoms with E-state index in [0.717, 1.165) is 48.3 Å². The predicted octanol–water partition coefficient (Wildman–Crippen LogP) is 5.73. The van der Waals surface area contributed by atoms with Gasteiger partial charge in [-0.2, -0.15) is 0 Å². The summed E-state index contributed by atoms with van der Waals surface area (Å²) in [5.41, 5.74) is 5.70. The van der Waals surface area contributed by atoms with Crippen LogP contribution in [0.4, 0.5) is 4.79 Å². The third-order valence-electron chi connectivity index (χ3n) is 5.42. The molecule has 1 amide bonds. The summed E-state index contributed by atoms with van der Waals surface area (Å²) in [6.45, 7) is 9.22. The molecule has 1 aliphatic rings. The van der Waals surface area contributed by atoms with Crippen LogP contribution >= 0.6 is 0 Å². The van der Waals surface area contributed by atoms with Gasteiger partial charge in [0.15, 0.2) is 0 Å².